The van der Waals surface area contributed by atoms with Crippen molar-refractivity contribution in [3.8, 4) is 0 Å². The predicted octanol–water partition coefficient (Wildman–Crippen LogP) is 2.17. The van der Waals surface area contributed by atoms with E-state index >= 15 is 0 Å². The van der Waals surface area contributed by atoms with Crippen LogP contribution in [-0.4, -0.2) is 23.3 Å². The molecule has 1 aromatic rings. The smallest absolute Gasteiger partial charge is 0.270 e. The number of hydrogen-bond acceptors (Lipinski definition) is 4. The number of nitrogens with one attached hydrogen (secondary N) is 1. The van der Waals surface area contributed by atoms with Gasteiger partial charge in [0.15, 0.2) is 5.78 Å². The molecule has 1 saturated heterocycles. The van der Waals surface area contributed by atoms with Gasteiger partial charge in [0.05, 0.1) is 4.92 Å². The van der Waals surface area contributed by atoms with Gasteiger partial charge in [0.1, 0.15) is 0 Å². The van der Waals surface area contributed by atoms with Crippen LogP contribution in [0.5, 0.6) is 0 Å². The van der Waals surface area contributed by atoms with Crippen LogP contribution < -0.4 is 5.32 Å². The fourth-order valence-electron chi connectivity index (χ4n) is 2.36. The second-order valence-corrected chi connectivity index (χ2v) is 4.66. The van der Waals surface area contributed by atoms with Crippen LogP contribution in [0.4, 0.5) is 5.69 Å². The Hall–Kier alpha value is -1.75. The maximum Gasteiger partial charge on any atom is 0.270 e. The highest BCUT2D eigenvalue weighted by Gasteiger charge is 2.27. The molecule has 18 heavy (non-hydrogen) atoms. The third-order valence-corrected chi connectivity index (χ3v) is 3.46. The zero-order valence-corrected chi connectivity index (χ0v) is 10.3. The van der Waals surface area contributed by atoms with Crippen molar-refractivity contribution in [1.82, 2.24) is 5.32 Å². The lowest BCUT2D eigenvalue weighted by Crippen LogP contribution is -2.33. The number of nitro benzene ring substituents is 1. The maximum atomic E-state index is 12.2. The first-order valence-electron chi connectivity index (χ1n) is 6.11. The van der Waals surface area contributed by atoms with E-state index in [-0.39, 0.29) is 23.4 Å². The average molecular weight is 248 g/mol. The fourth-order valence-corrected chi connectivity index (χ4v) is 2.36. The summed E-state index contributed by atoms with van der Waals surface area (Å²) < 4.78 is 0. The van der Waals surface area contributed by atoms with E-state index in [1.54, 1.807) is 12.1 Å². The van der Waals surface area contributed by atoms with E-state index < -0.39 is 4.92 Å². The highest BCUT2D eigenvalue weighted by molar-refractivity contribution is 5.98. The topological polar surface area (TPSA) is 72.2 Å². The first-order valence-corrected chi connectivity index (χ1v) is 6.11. The Bertz CT molecular complexity index is 467. The van der Waals surface area contributed by atoms with Crippen LogP contribution in [0.25, 0.3) is 0 Å². The van der Waals surface area contributed by atoms with Crippen LogP contribution in [0.1, 0.15) is 30.1 Å². The van der Waals surface area contributed by atoms with Gasteiger partial charge in [-0.05, 0) is 19.4 Å². The summed E-state index contributed by atoms with van der Waals surface area (Å²) in [6, 6.07) is 6.14. The summed E-state index contributed by atoms with van der Waals surface area (Å²) in [7, 11) is 0. The van der Waals surface area contributed by atoms with Crippen molar-refractivity contribution in [2.45, 2.75) is 25.8 Å². The molecule has 1 heterocycles. The van der Waals surface area contributed by atoms with Crippen molar-refractivity contribution < 1.29 is 9.72 Å². The number of rotatable bonds is 4. The molecule has 0 bridgehead atoms. The summed E-state index contributed by atoms with van der Waals surface area (Å²) in [6.07, 6.45) is 2.07. The highest BCUT2D eigenvalue weighted by atomic mass is 16.6. The van der Waals surface area contributed by atoms with E-state index in [9.17, 15) is 14.9 Å². The molecule has 2 atom stereocenters. The van der Waals surface area contributed by atoms with E-state index in [1.165, 1.54) is 12.1 Å². The van der Waals surface area contributed by atoms with Gasteiger partial charge in [0, 0.05) is 29.7 Å². The molecular formula is C13H16N2O3. The van der Waals surface area contributed by atoms with E-state index in [1.807, 2.05) is 6.92 Å². The van der Waals surface area contributed by atoms with Gasteiger partial charge in [-0.2, -0.15) is 0 Å². The number of non-ortho nitro benzene ring substituents is 1. The number of carbonyl (C=O) groups is 1. The first kappa shape index (κ1) is 12.7. The van der Waals surface area contributed by atoms with Gasteiger partial charge in [0.2, 0.25) is 0 Å². The maximum absolute atomic E-state index is 12.2. The monoisotopic (exact) mass is 248 g/mol. The normalized spacial score (nSPS) is 20.6. The molecule has 0 spiro atoms. The van der Waals surface area contributed by atoms with E-state index in [0.717, 1.165) is 19.4 Å². The predicted molar refractivity (Wildman–Crippen MR) is 67.6 cm³/mol. The quantitative estimate of drug-likeness (QED) is 0.503. The van der Waals surface area contributed by atoms with Crippen LogP contribution in [0.15, 0.2) is 24.3 Å². The molecule has 2 rings (SSSR count). The number of hydrogen-bond donors (Lipinski definition) is 1. The van der Waals surface area contributed by atoms with Crippen molar-refractivity contribution in [3.05, 3.63) is 39.9 Å². The van der Waals surface area contributed by atoms with Gasteiger partial charge >= 0.3 is 0 Å². The number of nitro groups is 1. The van der Waals surface area contributed by atoms with Crippen LogP contribution in [0.2, 0.25) is 0 Å². The number of nitrogens with zero attached hydrogens (tertiary/aromatic N) is 1. The third-order valence-electron chi connectivity index (χ3n) is 3.46. The SMILES string of the molecule is CC(C(=O)c1cccc([N+](=O)[O-])c1)C1CCCN1. The molecule has 0 amide bonds. The van der Waals surface area contributed by atoms with Crippen LogP contribution in [0, 0.1) is 16.0 Å². The molecule has 0 radical (unpaired) electrons. The van der Waals surface area contributed by atoms with Crippen molar-refractivity contribution in [1.29, 1.82) is 0 Å². The Labute approximate surface area is 105 Å². The summed E-state index contributed by atoms with van der Waals surface area (Å²) in [5, 5.41) is 14.0. The summed E-state index contributed by atoms with van der Waals surface area (Å²) in [5.74, 6) is -0.174. The largest absolute Gasteiger partial charge is 0.313 e. The average Bonchev–Trinajstić information content (AvgIpc) is 2.91. The highest BCUT2D eigenvalue weighted by Crippen LogP contribution is 2.21. The van der Waals surface area contributed by atoms with Crippen molar-refractivity contribution in [3.63, 3.8) is 0 Å². The molecule has 0 aliphatic carbocycles. The van der Waals surface area contributed by atoms with E-state index in [4.69, 9.17) is 0 Å². The van der Waals surface area contributed by atoms with E-state index in [0.29, 0.717) is 5.56 Å². The van der Waals surface area contributed by atoms with Crippen LogP contribution in [0.3, 0.4) is 0 Å². The summed E-state index contributed by atoms with van der Waals surface area (Å²) in [5.41, 5.74) is 0.387. The van der Waals surface area contributed by atoms with Crippen LogP contribution >= 0.6 is 0 Å². The lowest BCUT2D eigenvalue weighted by molar-refractivity contribution is -0.384. The molecule has 1 N–H and O–H groups in total. The van der Waals surface area contributed by atoms with Gasteiger partial charge in [0.25, 0.3) is 5.69 Å². The molecule has 2 unspecified atom stereocenters. The lowest BCUT2D eigenvalue weighted by atomic mass is 9.91. The van der Waals surface area contributed by atoms with Crippen molar-refractivity contribution in [2.24, 2.45) is 5.92 Å². The van der Waals surface area contributed by atoms with Crippen molar-refractivity contribution >= 4 is 11.5 Å². The molecule has 0 aromatic heterocycles. The molecule has 96 valence electrons. The third kappa shape index (κ3) is 2.56. The Morgan fingerprint density at radius 1 is 1.56 bits per heavy atom. The van der Waals surface area contributed by atoms with Gasteiger partial charge in [-0.25, -0.2) is 0 Å². The lowest BCUT2D eigenvalue weighted by Gasteiger charge is -2.18. The summed E-state index contributed by atoms with van der Waals surface area (Å²) >= 11 is 0. The first-order chi connectivity index (χ1) is 8.59. The number of Topliss-reactive ketones (excluding diaryl/α,β-unsaturated/α-hetero) is 1. The molecule has 1 aliphatic heterocycles. The zero-order chi connectivity index (χ0) is 13.1. The standard InChI is InChI=1S/C13H16N2O3/c1-9(12-6-3-7-14-12)13(16)10-4-2-5-11(8-10)15(17)18/h2,4-5,8-9,12,14H,3,6-7H2,1H3. The Morgan fingerprint density at radius 3 is 2.94 bits per heavy atom. The second-order valence-electron chi connectivity index (χ2n) is 4.66. The fraction of sp³-hybridized carbons (Fsp3) is 0.462. The molecule has 1 aromatic carbocycles. The summed E-state index contributed by atoms with van der Waals surface area (Å²) in [4.78, 5) is 22.5. The Kier molecular flexibility index (Phi) is 3.72. The molecule has 5 heteroatoms. The zero-order valence-electron chi connectivity index (χ0n) is 10.3. The molecule has 1 aliphatic rings. The summed E-state index contributed by atoms with van der Waals surface area (Å²) in [6.45, 7) is 2.82. The van der Waals surface area contributed by atoms with Crippen LogP contribution in [-0.2, 0) is 0 Å². The molecule has 0 saturated carbocycles. The van der Waals surface area contributed by atoms with Crippen molar-refractivity contribution in [2.75, 3.05) is 6.54 Å². The minimum absolute atomic E-state index is 0.0295. The van der Waals surface area contributed by atoms with Gasteiger partial charge in [-0.1, -0.05) is 19.1 Å². The minimum Gasteiger partial charge on any atom is -0.313 e. The second kappa shape index (κ2) is 5.27. The van der Waals surface area contributed by atoms with Gasteiger partial charge in [-0.3, -0.25) is 14.9 Å². The molecule has 1 fully saturated rings. The number of carbonyl (C=O) groups excluding carboxylic acids is 1. The Balaban J connectivity index is 2.17. The number of ketones is 1. The van der Waals surface area contributed by atoms with E-state index in [2.05, 4.69) is 5.32 Å². The Morgan fingerprint density at radius 2 is 2.33 bits per heavy atom. The minimum atomic E-state index is -0.477. The van der Waals surface area contributed by atoms with Gasteiger partial charge in [-0.15, -0.1) is 0 Å². The molecular weight excluding hydrogens is 232 g/mol. The van der Waals surface area contributed by atoms with Gasteiger partial charge < -0.3 is 5.32 Å². The number of benzene rings is 1. The molecule has 5 nitrogen and oxygen atoms in total.